The molecule has 27 heavy (non-hydrogen) atoms. The van der Waals surface area contributed by atoms with Gasteiger partial charge in [0.2, 0.25) is 11.7 Å². The fraction of sp³-hybridized carbons (Fsp3) is 0.211. The van der Waals surface area contributed by atoms with E-state index in [4.69, 9.17) is 25.6 Å². The number of nitrogens with one attached hydrogen (secondary N) is 1. The van der Waals surface area contributed by atoms with Crippen molar-refractivity contribution in [3.05, 3.63) is 59.4 Å². The van der Waals surface area contributed by atoms with Gasteiger partial charge in [-0.2, -0.15) is 4.98 Å². The number of hydrogen-bond donors (Lipinski definition) is 1. The highest BCUT2D eigenvalue weighted by Gasteiger charge is 2.18. The topological polar surface area (TPSA) is 86.5 Å². The van der Waals surface area contributed by atoms with Crippen LogP contribution < -0.4 is 14.8 Å². The Morgan fingerprint density at radius 2 is 1.89 bits per heavy atom. The number of carbonyl (C=O) groups excluding carboxylic acids is 1. The van der Waals surface area contributed by atoms with E-state index in [2.05, 4.69) is 15.5 Å². The lowest BCUT2D eigenvalue weighted by Crippen LogP contribution is -2.36. The zero-order valence-electron chi connectivity index (χ0n) is 14.8. The standard InChI is InChI=1S/C19H18ClN3O4/c1-12(26-16-10-6-5-9-15(16)25-2)19(24)21-11-17-22-18(23-27-17)13-7-3-4-8-14(13)20/h3-10,12H,11H2,1-2H3,(H,21,24)/t12-/m1/s1. The van der Waals surface area contributed by atoms with E-state index in [-0.39, 0.29) is 18.3 Å². The van der Waals surface area contributed by atoms with Crippen LogP contribution >= 0.6 is 11.6 Å². The third-order valence-corrected chi connectivity index (χ3v) is 4.07. The molecular weight excluding hydrogens is 370 g/mol. The number of amides is 1. The van der Waals surface area contributed by atoms with Crippen LogP contribution in [0, 0.1) is 0 Å². The van der Waals surface area contributed by atoms with Crippen molar-refractivity contribution in [3.63, 3.8) is 0 Å². The zero-order chi connectivity index (χ0) is 19.2. The van der Waals surface area contributed by atoms with Gasteiger partial charge in [0, 0.05) is 5.56 Å². The predicted octanol–water partition coefficient (Wildman–Crippen LogP) is 3.48. The van der Waals surface area contributed by atoms with Crippen LogP contribution in [0.2, 0.25) is 5.02 Å². The zero-order valence-corrected chi connectivity index (χ0v) is 15.6. The molecule has 3 aromatic rings. The van der Waals surface area contributed by atoms with Crippen LogP contribution in [0.4, 0.5) is 0 Å². The van der Waals surface area contributed by atoms with Crippen molar-refractivity contribution in [2.75, 3.05) is 7.11 Å². The molecule has 1 N–H and O–H groups in total. The highest BCUT2D eigenvalue weighted by molar-refractivity contribution is 6.33. The Labute approximate surface area is 161 Å². The van der Waals surface area contributed by atoms with Gasteiger partial charge in [-0.25, -0.2) is 0 Å². The number of para-hydroxylation sites is 2. The fourth-order valence-electron chi connectivity index (χ4n) is 2.35. The van der Waals surface area contributed by atoms with Gasteiger partial charge in [-0.3, -0.25) is 4.79 Å². The molecule has 0 aliphatic heterocycles. The maximum absolute atomic E-state index is 12.3. The second-order valence-corrected chi connectivity index (χ2v) is 6.03. The molecule has 1 aromatic heterocycles. The number of carbonyl (C=O) groups is 1. The second kappa shape index (κ2) is 8.55. The van der Waals surface area contributed by atoms with Crippen molar-refractivity contribution in [1.82, 2.24) is 15.5 Å². The molecule has 0 saturated heterocycles. The molecule has 1 atom stereocenters. The minimum Gasteiger partial charge on any atom is -0.493 e. The molecule has 1 heterocycles. The smallest absolute Gasteiger partial charge is 0.261 e. The molecule has 8 heteroatoms. The number of benzene rings is 2. The maximum atomic E-state index is 12.3. The van der Waals surface area contributed by atoms with Crippen LogP contribution in [-0.2, 0) is 11.3 Å². The van der Waals surface area contributed by atoms with E-state index >= 15 is 0 Å². The summed E-state index contributed by atoms with van der Waals surface area (Å²) in [6, 6.07) is 14.3. The number of aromatic nitrogens is 2. The van der Waals surface area contributed by atoms with Crippen LogP contribution in [-0.4, -0.2) is 29.3 Å². The van der Waals surface area contributed by atoms with Crippen LogP contribution in [0.1, 0.15) is 12.8 Å². The summed E-state index contributed by atoms with van der Waals surface area (Å²) in [5.74, 6) is 1.35. The van der Waals surface area contributed by atoms with Crippen molar-refractivity contribution in [2.24, 2.45) is 0 Å². The number of rotatable bonds is 7. The van der Waals surface area contributed by atoms with Gasteiger partial charge in [0.05, 0.1) is 18.7 Å². The summed E-state index contributed by atoms with van der Waals surface area (Å²) in [6.07, 6.45) is -0.729. The summed E-state index contributed by atoms with van der Waals surface area (Å²) in [5.41, 5.74) is 0.661. The summed E-state index contributed by atoms with van der Waals surface area (Å²) < 4.78 is 16.0. The minimum absolute atomic E-state index is 0.0793. The van der Waals surface area contributed by atoms with Gasteiger partial charge in [-0.05, 0) is 31.2 Å². The SMILES string of the molecule is COc1ccccc1O[C@H](C)C(=O)NCc1nc(-c2ccccc2Cl)no1. The predicted molar refractivity (Wildman–Crippen MR) is 99.7 cm³/mol. The number of hydrogen-bond acceptors (Lipinski definition) is 6. The first kappa shape index (κ1) is 18.7. The second-order valence-electron chi connectivity index (χ2n) is 5.62. The molecule has 0 radical (unpaired) electrons. The van der Waals surface area contributed by atoms with E-state index in [1.807, 2.05) is 18.2 Å². The normalized spacial score (nSPS) is 11.7. The monoisotopic (exact) mass is 387 g/mol. The Morgan fingerprint density at radius 3 is 2.63 bits per heavy atom. The average molecular weight is 388 g/mol. The highest BCUT2D eigenvalue weighted by Crippen LogP contribution is 2.27. The molecule has 0 aliphatic carbocycles. The van der Waals surface area contributed by atoms with E-state index in [0.29, 0.717) is 27.9 Å². The summed E-state index contributed by atoms with van der Waals surface area (Å²) in [5, 5.41) is 7.11. The number of methoxy groups -OCH3 is 1. The van der Waals surface area contributed by atoms with E-state index < -0.39 is 6.10 Å². The van der Waals surface area contributed by atoms with Gasteiger partial charge in [-0.1, -0.05) is 41.0 Å². The summed E-state index contributed by atoms with van der Waals surface area (Å²) in [4.78, 5) is 16.5. The Balaban J connectivity index is 1.58. The van der Waals surface area contributed by atoms with E-state index in [1.54, 1.807) is 44.4 Å². The van der Waals surface area contributed by atoms with Gasteiger partial charge >= 0.3 is 0 Å². The van der Waals surface area contributed by atoms with E-state index in [0.717, 1.165) is 0 Å². The molecule has 0 bridgehead atoms. The Kier molecular flexibility index (Phi) is 5.93. The van der Waals surface area contributed by atoms with E-state index in [1.165, 1.54) is 0 Å². The summed E-state index contributed by atoms with van der Waals surface area (Å²) >= 11 is 6.12. The lowest BCUT2D eigenvalue weighted by atomic mass is 10.2. The molecule has 3 rings (SSSR count). The van der Waals surface area contributed by atoms with Crippen molar-refractivity contribution in [2.45, 2.75) is 19.6 Å². The van der Waals surface area contributed by atoms with Crippen LogP contribution in [0.5, 0.6) is 11.5 Å². The lowest BCUT2D eigenvalue weighted by molar-refractivity contribution is -0.127. The van der Waals surface area contributed by atoms with Gasteiger partial charge in [-0.15, -0.1) is 0 Å². The molecule has 140 valence electrons. The van der Waals surface area contributed by atoms with Crippen molar-refractivity contribution >= 4 is 17.5 Å². The molecule has 7 nitrogen and oxygen atoms in total. The van der Waals surface area contributed by atoms with Gasteiger partial charge in [0.1, 0.15) is 0 Å². The van der Waals surface area contributed by atoms with Crippen LogP contribution in [0.15, 0.2) is 53.1 Å². The van der Waals surface area contributed by atoms with E-state index in [9.17, 15) is 4.79 Å². The molecule has 0 fully saturated rings. The third-order valence-electron chi connectivity index (χ3n) is 3.74. The first-order valence-corrected chi connectivity index (χ1v) is 8.61. The van der Waals surface area contributed by atoms with Gasteiger partial charge in [0.25, 0.3) is 5.91 Å². The van der Waals surface area contributed by atoms with Crippen LogP contribution in [0.3, 0.4) is 0 Å². The van der Waals surface area contributed by atoms with Crippen molar-refractivity contribution in [1.29, 1.82) is 0 Å². The quantitative estimate of drug-likeness (QED) is 0.667. The molecular formula is C19H18ClN3O4. The number of nitrogens with zero attached hydrogens (tertiary/aromatic N) is 2. The molecule has 0 saturated carbocycles. The van der Waals surface area contributed by atoms with Crippen LogP contribution in [0.25, 0.3) is 11.4 Å². The molecule has 0 spiro atoms. The van der Waals surface area contributed by atoms with Gasteiger partial charge in [0.15, 0.2) is 17.6 Å². The Hall–Kier alpha value is -3.06. The van der Waals surface area contributed by atoms with Crippen molar-refractivity contribution < 1.29 is 18.8 Å². The minimum atomic E-state index is -0.729. The van der Waals surface area contributed by atoms with Crippen molar-refractivity contribution in [3.8, 4) is 22.9 Å². The number of halogens is 1. The number of ether oxygens (including phenoxy) is 2. The molecule has 2 aromatic carbocycles. The lowest BCUT2D eigenvalue weighted by Gasteiger charge is -2.16. The molecule has 0 aliphatic rings. The summed E-state index contributed by atoms with van der Waals surface area (Å²) in [7, 11) is 1.54. The average Bonchev–Trinajstić information content (AvgIpc) is 3.15. The molecule has 1 amide bonds. The Morgan fingerprint density at radius 1 is 1.19 bits per heavy atom. The first-order chi connectivity index (χ1) is 13.1. The largest absolute Gasteiger partial charge is 0.493 e. The third kappa shape index (κ3) is 4.57. The maximum Gasteiger partial charge on any atom is 0.261 e. The highest BCUT2D eigenvalue weighted by atomic mass is 35.5. The fourth-order valence-corrected chi connectivity index (χ4v) is 2.57. The Bertz CT molecular complexity index is 929. The molecule has 0 unspecified atom stereocenters. The first-order valence-electron chi connectivity index (χ1n) is 8.23. The van der Waals surface area contributed by atoms with Gasteiger partial charge < -0.3 is 19.3 Å². The summed E-state index contributed by atoms with van der Waals surface area (Å²) in [6.45, 7) is 1.72.